The molecule has 48 heavy (non-hydrogen) atoms. The number of esters is 1. The summed E-state index contributed by atoms with van der Waals surface area (Å²) in [5.41, 5.74) is -2.97. The van der Waals surface area contributed by atoms with Crippen LogP contribution in [0.3, 0.4) is 0 Å². The van der Waals surface area contributed by atoms with Crippen LogP contribution >= 0.6 is 11.6 Å². The van der Waals surface area contributed by atoms with Crippen LogP contribution in [0.25, 0.3) is 0 Å². The molecular formula is C33H46ClF2N5O7. The lowest BCUT2D eigenvalue weighted by Gasteiger charge is -2.50. The standard InChI is InChI=1S/C31H40ClF2N5O7.C2H6/c1-7-44-26(42)30(17-38(18-30)28(43)46-29(4,5)6)25(41)37-14-11-31(12-15-37,39-22(19(2)3)10-13-35-39)24(40)36-21-9-8-20(32)16-23(21)45-27(33)34;1-2/h8-10,13,16,19,27H,7,11-12,14-15,17-18H2,1-6H3,(H,36,40);1-2H3. The van der Waals surface area contributed by atoms with Crippen LogP contribution in [0.5, 0.6) is 5.75 Å². The first-order valence-electron chi connectivity index (χ1n) is 16.1. The van der Waals surface area contributed by atoms with Crippen molar-refractivity contribution in [2.45, 2.75) is 91.9 Å². The third-order valence-electron chi connectivity index (χ3n) is 8.03. The van der Waals surface area contributed by atoms with Gasteiger partial charge in [-0.1, -0.05) is 39.3 Å². The van der Waals surface area contributed by atoms with Crippen LogP contribution in [0, 0.1) is 5.41 Å². The van der Waals surface area contributed by atoms with Crippen molar-refractivity contribution >= 4 is 41.2 Å². The zero-order valence-electron chi connectivity index (χ0n) is 28.8. The van der Waals surface area contributed by atoms with Crippen LogP contribution in [0.4, 0.5) is 19.3 Å². The predicted molar refractivity (Wildman–Crippen MR) is 175 cm³/mol. The molecule has 3 amide bonds. The van der Waals surface area contributed by atoms with E-state index in [0.717, 1.165) is 5.69 Å². The van der Waals surface area contributed by atoms with Crippen LogP contribution in [0.1, 0.15) is 79.8 Å². The summed E-state index contributed by atoms with van der Waals surface area (Å²) < 4.78 is 43.2. The maximum Gasteiger partial charge on any atom is 0.410 e. The molecule has 2 aliphatic heterocycles. The highest BCUT2D eigenvalue weighted by atomic mass is 35.5. The molecule has 4 rings (SSSR count). The normalized spacial score (nSPS) is 16.8. The second kappa shape index (κ2) is 15.5. The number of carbonyl (C=O) groups is 4. The summed E-state index contributed by atoms with van der Waals surface area (Å²) >= 11 is 5.99. The predicted octanol–water partition coefficient (Wildman–Crippen LogP) is 6.04. The van der Waals surface area contributed by atoms with E-state index in [-0.39, 0.29) is 68.0 Å². The number of hydrogen-bond donors (Lipinski definition) is 1. The van der Waals surface area contributed by atoms with Crippen molar-refractivity contribution < 1.29 is 42.2 Å². The molecule has 1 aromatic carbocycles. The van der Waals surface area contributed by atoms with Gasteiger partial charge in [-0.25, -0.2) is 4.79 Å². The van der Waals surface area contributed by atoms with Crippen LogP contribution in [-0.4, -0.2) is 88.5 Å². The number of anilines is 1. The Bertz CT molecular complexity index is 1460. The summed E-state index contributed by atoms with van der Waals surface area (Å²) in [4.78, 5) is 56.8. The lowest BCUT2D eigenvalue weighted by Crippen LogP contribution is -2.70. The van der Waals surface area contributed by atoms with Gasteiger partial charge in [-0.05, 0) is 64.7 Å². The number of piperidine rings is 1. The van der Waals surface area contributed by atoms with E-state index in [9.17, 15) is 28.0 Å². The maximum atomic E-state index is 14.2. The van der Waals surface area contributed by atoms with Crippen molar-refractivity contribution in [3.63, 3.8) is 0 Å². The van der Waals surface area contributed by atoms with E-state index in [2.05, 4.69) is 15.2 Å². The van der Waals surface area contributed by atoms with Crippen molar-refractivity contribution in [2.75, 3.05) is 38.1 Å². The molecule has 1 aromatic heterocycles. The summed E-state index contributed by atoms with van der Waals surface area (Å²) in [6, 6.07) is 5.77. The van der Waals surface area contributed by atoms with Gasteiger partial charge in [0.1, 0.15) is 11.1 Å². The van der Waals surface area contributed by atoms with E-state index in [4.69, 9.17) is 21.1 Å². The van der Waals surface area contributed by atoms with E-state index in [1.807, 2.05) is 27.7 Å². The number of alkyl halides is 2. The number of nitrogens with zero attached hydrogens (tertiary/aromatic N) is 4. The summed E-state index contributed by atoms with van der Waals surface area (Å²) in [6.45, 7) is 11.3. The molecule has 266 valence electrons. The number of carbonyl (C=O) groups excluding carboxylic acids is 4. The van der Waals surface area contributed by atoms with Crippen molar-refractivity contribution in [2.24, 2.45) is 5.41 Å². The lowest BCUT2D eigenvalue weighted by molar-refractivity contribution is -0.178. The fourth-order valence-corrected chi connectivity index (χ4v) is 5.90. The summed E-state index contributed by atoms with van der Waals surface area (Å²) in [5.74, 6) is -2.14. The van der Waals surface area contributed by atoms with Crippen molar-refractivity contribution in [1.82, 2.24) is 19.6 Å². The first kappa shape index (κ1) is 38.5. The molecule has 0 spiro atoms. The molecule has 0 unspecified atom stereocenters. The number of benzene rings is 1. The second-order valence-corrected chi connectivity index (χ2v) is 13.2. The number of ether oxygens (including phenoxy) is 3. The highest BCUT2D eigenvalue weighted by molar-refractivity contribution is 6.30. The smallest absolute Gasteiger partial charge is 0.410 e. The Morgan fingerprint density at radius 2 is 1.67 bits per heavy atom. The third kappa shape index (κ3) is 8.19. The Labute approximate surface area is 285 Å². The fourth-order valence-electron chi connectivity index (χ4n) is 5.74. The van der Waals surface area contributed by atoms with Gasteiger partial charge in [0.2, 0.25) is 5.91 Å². The highest BCUT2D eigenvalue weighted by Crippen LogP contribution is 2.40. The molecule has 2 aliphatic rings. The molecule has 3 heterocycles. The number of hydrogen-bond acceptors (Lipinski definition) is 8. The van der Waals surface area contributed by atoms with Gasteiger partial charge in [-0.3, -0.25) is 19.1 Å². The van der Waals surface area contributed by atoms with E-state index in [0.29, 0.717) is 0 Å². The summed E-state index contributed by atoms with van der Waals surface area (Å²) in [7, 11) is 0. The Kier molecular flexibility index (Phi) is 12.5. The molecule has 0 aliphatic carbocycles. The monoisotopic (exact) mass is 697 g/mol. The van der Waals surface area contributed by atoms with Gasteiger partial charge in [0.15, 0.2) is 11.2 Å². The Hall–Kier alpha value is -3.94. The minimum Gasteiger partial charge on any atom is -0.465 e. The molecule has 2 fully saturated rings. The van der Waals surface area contributed by atoms with E-state index in [1.165, 1.54) is 28.0 Å². The van der Waals surface area contributed by atoms with Gasteiger partial charge in [-0.2, -0.15) is 13.9 Å². The topological polar surface area (TPSA) is 132 Å². The SMILES string of the molecule is CC.CCOC(=O)C1(C(=O)N2CCC(C(=O)Nc3ccc(Cl)cc3OC(F)F)(n3nccc3C(C)C)CC2)CN(C(=O)OC(C)(C)C)C1. The molecule has 12 nitrogen and oxygen atoms in total. The van der Waals surface area contributed by atoms with Gasteiger partial charge < -0.3 is 29.3 Å². The fraction of sp³-hybridized carbons (Fsp3) is 0.606. The number of amides is 3. The Balaban J connectivity index is 0.00000307. The van der Waals surface area contributed by atoms with Crippen molar-refractivity contribution in [3.8, 4) is 5.75 Å². The zero-order chi connectivity index (χ0) is 36.0. The minimum absolute atomic E-state index is 0.0104. The highest BCUT2D eigenvalue weighted by Gasteiger charge is 2.61. The first-order chi connectivity index (χ1) is 22.5. The maximum absolute atomic E-state index is 14.2. The van der Waals surface area contributed by atoms with Gasteiger partial charge in [0, 0.05) is 36.1 Å². The molecule has 1 N–H and O–H groups in total. The average molecular weight is 698 g/mol. The molecule has 2 aromatic rings. The lowest BCUT2D eigenvalue weighted by atomic mass is 9.77. The summed E-state index contributed by atoms with van der Waals surface area (Å²) in [6.07, 6.45) is 1.09. The van der Waals surface area contributed by atoms with Crippen LogP contribution < -0.4 is 10.1 Å². The minimum atomic E-state index is -3.15. The molecule has 0 saturated carbocycles. The molecule has 0 radical (unpaired) electrons. The van der Waals surface area contributed by atoms with E-state index >= 15 is 0 Å². The number of nitrogens with one attached hydrogen (secondary N) is 1. The Morgan fingerprint density at radius 3 is 2.21 bits per heavy atom. The molecule has 0 bridgehead atoms. The number of rotatable bonds is 9. The largest absolute Gasteiger partial charge is 0.465 e. The third-order valence-corrected chi connectivity index (χ3v) is 8.26. The first-order valence-corrected chi connectivity index (χ1v) is 16.5. The van der Waals surface area contributed by atoms with E-state index in [1.54, 1.807) is 44.6 Å². The average Bonchev–Trinajstić information content (AvgIpc) is 3.49. The van der Waals surface area contributed by atoms with Crippen LogP contribution in [-0.2, 0) is 29.4 Å². The molecule has 0 atom stereocenters. The van der Waals surface area contributed by atoms with Crippen LogP contribution in [0.15, 0.2) is 30.5 Å². The van der Waals surface area contributed by atoms with Crippen molar-refractivity contribution in [3.05, 3.63) is 41.2 Å². The van der Waals surface area contributed by atoms with Gasteiger partial charge in [0.25, 0.3) is 5.91 Å². The second-order valence-electron chi connectivity index (χ2n) is 12.8. The van der Waals surface area contributed by atoms with E-state index < -0.39 is 47.0 Å². The zero-order valence-corrected chi connectivity index (χ0v) is 29.5. The summed E-state index contributed by atoms with van der Waals surface area (Å²) in [5, 5.41) is 7.35. The molecular weight excluding hydrogens is 652 g/mol. The number of halogens is 3. The Morgan fingerprint density at radius 1 is 1.04 bits per heavy atom. The number of aromatic nitrogens is 2. The van der Waals surface area contributed by atoms with Gasteiger partial charge in [0.05, 0.1) is 25.4 Å². The van der Waals surface area contributed by atoms with Gasteiger partial charge >= 0.3 is 18.7 Å². The van der Waals surface area contributed by atoms with Crippen LogP contribution in [0.2, 0.25) is 5.02 Å². The molecule has 2 saturated heterocycles. The van der Waals surface area contributed by atoms with Gasteiger partial charge in [-0.15, -0.1) is 0 Å². The molecule has 15 heteroatoms. The quantitative estimate of drug-likeness (QED) is 0.248. The number of likely N-dealkylation sites (tertiary alicyclic amines) is 2. The van der Waals surface area contributed by atoms with Crippen molar-refractivity contribution in [1.29, 1.82) is 0 Å².